The summed E-state index contributed by atoms with van der Waals surface area (Å²) in [6, 6.07) is 5.84. The van der Waals surface area contributed by atoms with E-state index in [1.165, 1.54) is 4.70 Å². The molecule has 0 N–H and O–H groups in total. The van der Waals surface area contributed by atoms with Gasteiger partial charge >= 0.3 is 0 Å². The molecule has 0 spiro atoms. The Morgan fingerprint density at radius 2 is 2.24 bits per heavy atom. The maximum absolute atomic E-state index is 11.8. The molecule has 1 aromatic carbocycles. The van der Waals surface area contributed by atoms with Crippen LogP contribution in [-0.2, 0) is 9.53 Å². The van der Waals surface area contributed by atoms with Gasteiger partial charge in [0.05, 0.1) is 15.2 Å². The number of hydrogen-bond acceptors (Lipinski definition) is 4. The number of methoxy groups -OCH3 is 1. The summed E-state index contributed by atoms with van der Waals surface area (Å²) < 4.78 is 6.08. The van der Waals surface area contributed by atoms with Crippen molar-refractivity contribution in [3.05, 3.63) is 28.2 Å². The second-order valence-corrected chi connectivity index (χ2v) is 6.75. The van der Waals surface area contributed by atoms with E-state index in [0.717, 1.165) is 41.5 Å². The first-order valence-electron chi connectivity index (χ1n) is 7.00. The highest BCUT2D eigenvalue weighted by Gasteiger charge is 2.25. The Bertz CT molecular complexity index is 650. The maximum atomic E-state index is 11.8. The highest BCUT2D eigenvalue weighted by Crippen LogP contribution is 2.34. The van der Waals surface area contributed by atoms with Crippen molar-refractivity contribution < 1.29 is 9.53 Å². The lowest BCUT2D eigenvalue weighted by Gasteiger charge is -2.30. The molecule has 0 atom stereocenters. The number of halogens is 1. The third-order valence-corrected chi connectivity index (χ3v) is 5.26. The Balaban J connectivity index is 1.69. The van der Waals surface area contributed by atoms with E-state index >= 15 is 0 Å². The summed E-state index contributed by atoms with van der Waals surface area (Å²) in [5, 5.41) is 1.88. The Morgan fingerprint density at radius 1 is 1.48 bits per heavy atom. The van der Waals surface area contributed by atoms with Gasteiger partial charge in [-0.3, -0.25) is 4.79 Å². The number of carbonyl (C=O) groups is 1. The van der Waals surface area contributed by atoms with Crippen LogP contribution in [0.4, 0.5) is 0 Å². The summed E-state index contributed by atoms with van der Waals surface area (Å²) in [4.78, 5) is 18.4. The molecule has 0 bridgehead atoms. The van der Waals surface area contributed by atoms with Gasteiger partial charge in [-0.15, -0.1) is 11.3 Å². The number of hydrogen-bond donors (Lipinski definition) is 0. The van der Waals surface area contributed by atoms with Gasteiger partial charge in [-0.1, -0.05) is 11.6 Å². The number of aromatic nitrogens is 1. The molecule has 1 aliphatic rings. The van der Waals surface area contributed by atoms with Gasteiger partial charge < -0.3 is 9.64 Å². The third-order valence-electron chi connectivity index (χ3n) is 3.83. The van der Waals surface area contributed by atoms with E-state index < -0.39 is 0 Å². The van der Waals surface area contributed by atoms with E-state index in [1.807, 2.05) is 23.1 Å². The highest BCUT2D eigenvalue weighted by molar-refractivity contribution is 7.18. The molecule has 6 heteroatoms. The van der Waals surface area contributed by atoms with Crippen molar-refractivity contribution in [3.63, 3.8) is 0 Å². The number of fused-ring (bicyclic) bond motifs is 1. The quantitative estimate of drug-likeness (QED) is 0.870. The van der Waals surface area contributed by atoms with E-state index in [0.29, 0.717) is 5.92 Å². The van der Waals surface area contributed by atoms with Gasteiger partial charge in [-0.25, -0.2) is 4.98 Å². The second-order valence-electron chi connectivity index (χ2n) is 5.25. The zero-order valence-corrected chi connectivity index (χ0v) is 13.4. The molecular weight excluding hydrogens is 308 g/mol. The SMILES string of the molecule is COCC(=O)N1CCC(c2nc3cc(Cl)ccc3s2)CC1. The molecule has 21 heavy (non-hydrogen) atoms. The highest BCUT2D eigenvalue weighted by atomic mass is 35.5. The molecule has 1 aromatic heterocycles. The largest absolute Gasteiger partial charge is 0.375 e. The number of piperidine rings is 1. The topological polar surface area (TPSA) is 42.4 Å². The Hall–Kier alpha value is -1.17. The molecule has 0 aliphatic carbocycles. The molecular formula is C15H17ClN2O2S. The van der Waals surface area contributed by atoms with Crippen LogP contribution in [0.2, 0.25) is 5.02 Å². The summed E-state index contributed by atoms with van der Waals surface area (Å²) in [7, 11) is 1.55. The van der Waals surface area contributed by atoms with Gasteiger partial charge in [-0.2, -0.15) is 0 Å². The minimum atomic E-state index is 0.0760. The van der Waals surface area contributed by atoms with Crippen molar-refractivity contribution in [1.82, 2.24) is 9.88 Å². The van der Waals surface area contributed by atoms with E-state index in [9.17, 15) is 4.79 Å². The summed E-state index contributed by atoms with van der Waals surface area (Å²) in [5.74, 6) is 0.514. The smallest absolute Gasteiger partial charge is 0.248 e. The second kappa shape index (κ2) is 6.30. The standard InChI is InChI=1S/C15H17ClN2O2S/c1-20-9-14(19)18-6-4-10(5-7-18)15-17-12-8-11(16)2-3-13(12)21-15/h2-3,8,10H,4-7,9H2,1H3. The number of nitrogens with zero attached hydrogens (tertiary/aromatic N) is 2. The molecule has 0 saturated carbocycles. The van der Waals surface area contributed by atoms with Crippen LogP contribution in [0.25, 0.3) is 10.2 Å². The molecule has 112 valence electrons. The molecule has 1 amide bonds. The molecule has 4 nitrogen and oxygen atoms in total. The van der Waals surface area contributed by atoms with E-state index in [4.69, 9.17) is 21.3 Å². The predicted octanol–water partition coefficient (Wildman–Crippen LogP) is 3.30. The van der Waals surface area contributed by atoms with E-state index in [2.05, 4.69) is 0 Å². The Labute approximate surface area is 132 Å². The first-order chi connectivity index (χ1) is 10.2. The fourth-order valence-electron chi connectivity index (χ4n) is 2.68. The van der Waals surface area contributed by atoms with Crippen LogP contribution in [0.15, 0.2) is 18.2 Å². The zero-order valence-electron chi connectivity index (χ0n) is 11.8. The van der Waals surface area contributed by atoms with Crippen molar-refractivity contribution in [2.75, 3.05) is 26.8 Å². The Morgan fingerprint density at radius 3 is 2.95 bits per heavy atom. The Kier molecular flexibility index (Phi) is 4.42. The van der Waals surface area contributed by atoms with Crippen LogP contribution < -0.4 is 0 Å². The summed E-state index contributed by atoms with van der Waals surface area (Å²) in [6.07, 6.45) is 1.92. The van der Waals surface area contributed by atoms with Crippen LogP contribution in [0.3, 0.4) is 0 Å². The fraction of sp³-hybridized carbons (Fsp3) is 0.467. The number of carbonyl (C=O) groups excluding carboxylic acids is 1. The average molecular weight is 325 g/mol. The average Bonchev–Trinajstić information content (AvgIpc) is 2.90. The minimum absolute atomic E-state index is 0.0760. The number of ether oxygens (including phenoxy) is 1. The molecule has 1 fully saturated rings. The van der Waals surface area contributed by atoms with Crippen molar-refractivity contribution in [2.45, 2.75) is 18.8 Å². The van der Waals surface area contributed by atoms with Gasteiger partial charge in [0, 0.05) is 31.1 Å². The summed E-state index contributed by atoms with van der Waals surface area (Å²) >= 11 is 7.74. The predicted molar refractivity (Wildman–Crippen MR) is 85.1 cm³/mol. The van der Waals surface area contributed by atoms with Gasteiger partial charge in [0.1, 0.15) is 6.61 Å². The number of likely N-dealkylation sites (tertiary alicyclic amines) is 1. The molecule has 0 radical (unpaired) electrons. The molecule has 2 aromatic rings. The lowest BCUT2D eigenvalue weighted by molar-refractivity contribution is -0.136. The van der Waals surface area contributed by atoms with Crippen LogP contribution >= 0.6 is 22.9 Å². The molecule has 1 aliphatic heterocycles. The molecule has 2 heterocycles. The normalized spacial score (nSPS) is 16.6. The van der Waals surface area contributed by atoms with Gasteiger partial charge in [0.15, 0.2) is 0 Å². The minimum Gasteiger partial charge on any atom is -0.375 e. The van der Waals surface area contributed by atoms with Crippen molar-refractivity contribution >= 4 is 39.1 Å². The monoisotopic (exact) mass is 324 g/mol. The van der Waals surface area contributed by atoms with Gasteiger partial charge in [0.2, 0.25) is 5.91 Å². The van der Waals surface area contributed by atoms with Gasteiger partial charge in [-0.05, 0) is 31.0 Å². The van der Waals surface area contributed by atoms with Crippen molar-refractivity contribution in [3.8, 4) is 0 Å². The van der Waals surface area contributed by atoms with Crippen molar-refractivity contribution in [1.29, 1.82) is 0 Å². The third kappa shape index (κ3) is 3.20. The van der Waals surface area contributed by atoms with Gasteiger partial charge in [0.25, 0.3) is 0 Å². The maximum Gasteiger partial charge on any atom is 0.248 e. The van der Waals surface area contributed by atoms with Crippen LogP contribution in [0.1, 0.15) is 23.8 Å². The molecule has 1 saturated heterocycles. The number of rotatable bonds is 3. The summed E-state index contributed by atoms with van der Waals surface area (Å²) in [6.45, 7) is 1.73. The fourth-order valence-corrected chi connectivity index (χ4v) is 3.97. The number of amides is 1. The first-order valence-corrected chi connectivity index (χ1v) is 8.19. The lowest BCUT2D eigenvalue weighted by Crippen LogP contribution is -2.39. The number of benzene rings is 1. The number of thiazole rings is 1. The van der Waals surface area contributed by atoms with E-state index in [1.54, 1.807) is 18.4 Å². The van der Waals surface area contributed by atoms with Crippen LogP contribution in [0.5, 0.6) is 0 Å². The van der Waals surface area contributed by atoms with E-state index in [-0.39, 0.29) is 12.5 Å². The van der Waals surface area contributed by atoms with Crippen LogP contribution in [-0.4, -0.2) is 42.6 Å². The summed E-state index contributed by atoms with van der Waals surface area (Å²) in [5.41, 5.74) is 0.973. The van der Waals surface area contributed by atoms with Crippen LogP contribution in [0, 0.1) is 0 Å². The van der Waals surface area contributed by atoms with Crippen molar-refractivity contribution in [2.24, 2.45) is 0 Å². The molecule has 0 unspecified atom stereocenters. The molecule has 3 rings (SSSR count). The first kappa shape index (κ1) is 14.8. The lowest BCUT2D eigenvalue weighted by atomic mass is 9.97. The zero-order chi connectivity index (χ0) is 14.8.